The molecule has 0 rings (SSSR count). The quantitative estimate of drug-likeness (QED) is 0.151. The predicted molar refractivity (Wildman–Crippen MR) is 87.3 cm³/mol. The van der Waals surface area contributed by atoms with Gasteiger partial charge in [-0.1, -0.05) is 13.3 Å². The first kappa shape index (κ1) is 27.8. The van der Waals surface area contributed by atoms with Gasteiger partial charge >= 0.3 is 0 Å². The van der Waals surface area contributed by atoms with Gasteiger partial charge in [0.2, 0.25) is 0 Å². The van der Waals surface area contributed by atoms with Gasteiger partial charge in [-0.15, -0.1) is 24.0 Å². The summed E-state index contributed by atoms with van der Waals surface area (Å²) in [4.78, 5) is 3.92. The Balaban J connectivity index is -0.000000126. The molecule has 0 aliphatic heterocycles. The molecule has 0 saturated heterocycles. The van der Waals surface area contributed by atoms with Crippen molar-refractivity contribution in [1.82, 2.24) is 5.32 Å². The Hall–Kier alpha value is -0.430. The molecule has 0 aromatic rings. The molecule has 124 valence electrons. The molecule has 0 aliphatic rings. The van der Waals surface area contributed by atoms with Crippen LogP contribution >= 0.6 is 24.0 Å². The number of unbranched alkanes of at least 4 members (excludes halogenated alkanes) is 1. The molecule has 20 heavy (non-hydrogen) atoms. The number of nitrogens with zero attached hydrogens (tertiary/aromatic N) is 2. The highest BCUT2D eigenvalue weighted by Gasteiger charge is 2.02. The number of rotatable bonds is 5. The van der Waals surface area contributed by atoms with Gasteiger partial charge in [0, 0.05) is 6.54 Å². The number of alkyl halides is 1. The lowest BCUT2D eigenvalue weighted by molar-refractivity contribution is -0.867. The number of hydrogen-bond acceptors (Lipinski definition) is 2. The van der Waals surface area contributed by atoms with Crippen LogP contribution in [0.5, 0.6) is 0 Å². The van der Waals surface area contributed by atoms with Crippen LogP contribution in [0.2, 0.25) is 0 Å². The molecule has 6 nitrogen and oxygen atoms in total. The minimum absolute atomic E-state index is 0. The van der Waals surface area contributed by atoms with Gasteiger partial charge < -0.3 is 28.4 Å². The summed E-state index contributed by atoms with van der Waals surface area (Å²) in [5.74, 6) is 0.789. The van der Waals surface area contributed by atoms with E-state index >= 15 is 0 Å². The van der Waals surface area contributed by atoms with E-state index in [1.807, 2.05) is 0 Å². The SMILES string of the molecule is CCCCN=C(N)NC(=N)N.C[N+](C)(C)CCCl.Cl.[Cl-]. The van der Waals surface area contributed by atoms with E-state index in [4.69, 9.17) is 28.5 Å². The van der Waals surface area contributed by atoms with Crippen molar-refractivity contribution < 1.29 is 16.9 Å². The average Bonchev–Trinajstić information content (AvgIpc) is 2.15. The Morgan fingerprint density at radius 3 is 2.05 bits per heavy atom. The fourth-order valence-corrected chi connectivity index (χ4v) is 1.30. The second-order valence-electron chi connectivity index (χ2n) is 4.86. The lowest BCUT2D eigenvalue weighted by Gasteiger charge is -2.21. The summed E-state index contributed by atoms with van der Waals surface area (Å²) in [5.41, 5.74) is 10.3. The molecule has 0 radical (unpaired) electrons. The Morgan fingerprint density at radius 2 is 1.80 bits per heavy atom. The number of hydrogen-bond donors (Lipinski definition) is 4. The van der Waals surface area contributed by atoms with Crippen LogP contribution in [0.15, 0.2) is 4.99 Å². The van der Waals surface area contributed by atoms with Crippen molar-refractivity contribution in [1.29, 1.82) is 5.41 Å². The third kappa shape index (κ3) is 30.5. The van der Waals surface area contributed by atoms with Crippen molar-refractivity contribution in [3.05, 3.63) is 0 Å². The van der Waals surface area contributed by atoms with Gasteiger partial charge in [0.15, 0.2) is 11.9 Å². The molecule has 6 N–H and O–H groups in total. The van der Waals surface area contributed by atoms with Crippen LogP contribution in [0.4, 0.5) is 0 Å². The van der Waals surface area contributed by atoms with Gasteiger partial charge in [0.25, 0.3) is 0 Å². The highest BCUT2D eigenvalue weighted by atomic mass is 35.5. The number of nitrogens with two attached hydrogens (primary N) is 2. The molecule has 0 aromatic heterocycles. The third-order valence-electron chi connectivity index (χ3n) is 1.81. The Bertz CT molecular complexity index is 253. The number of quaternary nitrogens is 1. The first-order valence-electron chi connectivity index (χ1n) is 6.00. The summed E-state index contributed by atoms with van der Waals surface area (Å²) < 4.78 is 0.962. The zero-order chi connectivity index (χ0) is 14.6. The largest absolute Gasteiger partial charge is 1.00 e. The van der Waals surface area contributed by atoms with E-state index in [1.165, 1.54) is 0 Å². The summed E-state index contributed by atoms with van der Waals surface area (Å²) in [6, 6.07) is 0. The van der Waals surface area contributed by atoms with Crippen molar-refractivity contribution in [2.24, 2.45) is 16.5 Å². The molecule has 0 unspecified atom stereocenters. The summed E-state index contributed by atoms with van der Waals surface area (Å²) >= 11 is 5.47. The van der Waals surface area contributed by atoms with E-state index in [-0.39, 0.29) is 36.7 Å². The number of halogens is 3. The van der Waals surface area contributed by atoms with E-state index in [1.54, 1.807) is 0 Å². The maximum atomic E-state index is 6.81. The summed E-state index contributed by atoms with van der Waals surface area (Å²) in [6.45, 7) is 3.80. The van der Waals surface area contributed by atoms with Crippen LogP contribution in [0, 0.1) is 5.41 Å². The van der Waals surface area contributed by atoms with Crippen LogP contribution in [0.1, 0.15) is 19.8 Å². The van der Waals surface area contributed by atoms with Crippen LogP contribution in [0.3, 0.4) is 0 Å². The second-order valence-corrected chi connectivity index (χ2v) is 5.24. The van der Waals surface area contributed by atoms with Gasteiger partial charge in [0.05, 0.1) is 33.6 Å². The van der Waals surface area contributed by atoms with Crippen molar-refractivity contribution in [3.8, 4) is 0 Å². The van der Waals surface area contributed by atoms with E-state index in [2.05, 4.69) is 38.4 Å². The minimum Gasteiger partial charge on any atom is -1.00 e. The Morgan fingerprint density at radius 1 is 1.30 bits per heavy atom. The van der Waals surface area contributed by atoms with Gasteiger partial charge in [-0.25, -0.2) is 0 Å². The van der Waals surface area contributed by atoms with Crippen LogP contribution < -0.4 is 29.2 Å². The first-order chi connectivity index (χ1) is 8.22. The van der Waals surface area contributed by atoms with Crippen LogP contribution in [-0.2, 0) is 0 Å². The summed E-state index contributed by atoms with van der Waals surface area (Å²) in [6.07, 6.45) is 2.08. The zero-order valence-corrected chi connectivity index (χ0v) is 15.1. The summed E-state index contributed by atoms with van der Waals surface area (Å²) in [7, 11) is 6.38. The molecule has 0 amide bonds. The third-order valence-corrected chi connectivity index (χ3v) is 1.98. The fraction of sp³-hybridized carbons (Fsp3) is 0.818. The number of aliphatic imine (C=N–C) groups is 1. The van der Waals surface area contributed by atoms with Crippen LogP contribution in [-0.4, -0.2) is 56.5 Å². The van der Waals surface area contributed by atoms with E-state index < -0.39 is 0 Å². The van der Waals surface area contributed by atoms with E-state index in [0.717, 1.165) is 29.7 Å². The molecular weight excluding hydrogens is 323 g/mol. The van der Waals surface area contributed by atoms with Crippen molar-refractivity contribution in [2.45, 2.75) is 19.8 Å². The predicted octanol–water partition coefficient (Wildman–Crippen LogP) is -2.06. The molecule has 0 aliphatic carbocycles. The minimum atomic E-state index is -0.178. The van der Waals surface area contributed by atoms with Crippen molar-refractivity contribution >= 4 is 35.9 Å². The van der Waals surface area contributed by atoms with Crippen LogP contribution in [0.25, 0.3) is 0 Å². The molecular formula is C11H29Cl3N6. The lowest BCUT2D eigenvalue weighted by Crippen LogP contribution is -3.00. The monoisotopic (exact) mass is 350 g/mol. The maximum absolute atomic E-state index is 6.81. The molecule has 0 fully saturated rings. The molecule has 0 spiro atoms. The zero-order valence-electron chi connectivity index (χ0n) is 12.7. The molecule has 0 aromatic carbocycles. The lowest BCUT2D eigenvalue weighted by atomic mass is 10.3. The smallest absolute Gasteiger partial charge is 0.195 e. The molecule has 0 atom stereocenters. The number of guanidine groups is 2. The number of nitrogens with one attached hydrogen (secondary N) is 2. The Kier molecular flexibility index (Phi) is 23.1. The van der Waals surface area contributed by atoms with Gasteiger partial charge in [-0.05, 0) is 6.42 Å². The van der Waals surface area contributed by atoms with E-state index in [0.29, 0.717) is 6.54 Å². The van der Waals surface area contributed by atoms with Gasteiger partial charge in [-0.3, -0.25) is 15.7 Å². The summed E-state index contributed by atoms with van der Waals surface area (Å²) in [5, 5.41) is 9.20. The topological polar surface area (TPSA) is 100 Å². The Labute approximate surface area is 140 Å². The first-order valence-corrected chi connectivity index (χ1v) is 6.53. The van der Waals surface area contributed by atoms with Crippen molar-refractivity contribution in [2.75, 3.05) is 40.1 Å². The van der Waals surface area contributed by atoms with Gasteiger partial charge in [0.1, 0.15) is 0 Å². The molecule has 0 heterocycles. The molecule has 0 saturated carbocycles. The normalized spacial score (nSPS) is 10.3. The van der Waals surface area contributed by atoms with Crippen molar-refractivity contribution in [3.63, 3.8) is 0 Å². The highest BCUT2D eigenvalue weighted by molar-refractivity contribution is 6.17. The highest BCUT2D eigenvalue weighted by Crippen LogP contribution is 1.89. The van der Waals surface area contributed by atoms with E-state index in [9.17, 15) is 0 Å². The fourth-order valence-electron chi connectivity index (χ4n) is 0.789. The maximum Gasteiger partial charge on any atom is 0.195 e. The van der Waals surface area contributed by atoms with Gasteiger partial charge in [-0.2, -0.15) is 0 Å². The average molecular weight is 352 g/mol. The molecule has 9 heteroatoms. The second kappa shape index (κ2) is 16.6. The molecule has 0 bridgehead atoms. The standard InChI is InChI=1S/C6H15N5.C5H13ClN.2ClH/c1-2-3-4-10-6(9)11-5(7)8;1-7(2,3)5-4-6;;/h2-4H2,1H3,(H6,7,8,9,10,11);4-5H2,1-3H3;2*1H/q;+1;;/p-1.